The summed E-state index contributed by atoms with van der Waals surface area (Å²) in [4.78, 5) is 2.31. The Balaban J connectivity index is 0.00000192. The van der Waals surface area contributed by atoms with Crippen molar-refractivity contribution in [1.82, 2.24) is 10.2 Å². The van der Waals surface area contributed by atoms with Crippen molar-refractivity contribution in [3.05, 3.63) is 29.8 Å². The maximum absolute atomic E-state index is 12.1. The quantitative estimate of drug-likeness (QED) is 0.895. The Kier molecular flexibility index (Phi) is 5.81. The number of benzene rings is 1. The Hall–Kier alpha value is -0.980. The molecule has 130 valence electrons. The van der Waals surface area contributed by atoms with E-state index in [1.165, 1.54) is 25.0 Å². The molecule has 2 aliphatic rings. The van der Waals surface area contributed by atoms with Gasteiger partial charge in [0.25, 0.3) is 0 Å². The summed E-state index contributed by atoms with van der Waals surface area (Å²) in [6.07, 6.45) is 0.203. The van der Waals surface area contributed by atoms with Crippen molar-refractivity contribution in [2.24, 2.45) is 0 Å². The zero-order valence-electron chi connectivity index (χ0n) is 13.0. The van der Waals surface area contributed by atoms with Crippen molar-refractivity contribution in [3.8, 4) is 5.75 Å². The summed E-state index contributed by atoms with van der Waals surface area (Å²) in [6, 6.07) is 7.97. The molecule has 0 radical (unpaired) electrons. The molecule has 0 spiro atoms. The van der Waals surface area contributed by atoms with Crippen LogP contribution in [0.1, 0.15) is 31.2 Å². The molecular weight excluding hydrogens is 329 g/mol. The van der Waals surface area contributed by atoms with Crippen LogP contribution in [0.3, 0.4) is 0 Å². The van der Waals surface area contributed by atoms with Gasteiger partial charge in [0.1, 0.15) is 5.75 Å². The minimum atomic E-state index is -4.63. The Morgan fingerprint density at radius 2 is 1.70 bits per heavy atom. The molecule has 2 unspecified atom stereocenters. The van der Waals surface area contributed by atoms with E-state index in [9.17, 15) is 13.2 Å². The van der Waals surface area contributed by atoms with Gasteiger partial charge in [-0.15, -0.1) is 25.6 Å². The zero-order chi connectivity index (χ0) is 15.7. The van der Waals surface area contributed by atoms with Crippen molar-refractivity contribution in [3.63, 3.8) is 0 Å². The molecule has 0 saturated carbocycles. The standard InChI is InChI=1S/C16H21F3N2O.ClH/c1-21(14-8-12-4-5-13(9-14)20-12)10-11-2-6-15(7-3-11)22-16(17,18)19;/h2-3,6-7,12-14,20H,4-5,8-10H2,1H3;1H. The first-order valence-electron chi connectivity index (χ1n) is 7.70. The third-order valence-corrected chi connectivity index (χ3v) is 4.66. The maximum Gasteiger partial charge on any atom is 0.573 e. The lowest BCUT2D eigenvalue weighted by atomic mass is 9.98. The third-order valence-electron chi connectivity index (χ3n) is 4.66. The van der Waals surface area contributed by atoms with E-state index in [1.807, 2.05) is 0 Å². The van der Waals surface area contributed by atoms with Gasteiger partial charge in [-0.3, -0.25) is 4.90 Å². The number of piperidine rings is 1. The van der Waals surface area contributed by atoms with Crippen LogP contribution in [0, 0.1) is 0 Å². The van der Waals surface area contributed by atoms with Crippen molar-refractivity contribution in [2.75, 3.05) is 7.05 Å². The fourth-order valence-corrected chi connectivity index (χ4v) is 3.60. The average molecular weight is 351 g/mol. The predicted molar refractivity (Wildman–Crippen MR) is 84.8 cm³/mol. The molecule has 0 amide bonds. The molecule has 1 aromatic rings. The van der Waals surface area contributed by atoms with E-state index in [1.54, 1.807) is 12.1 Å². The van der Waals surface area contributed by atoms with Crippen LogP contribution in [-0.2, 0) is 6.54 Å². The number of fused-ring (bicyclic) bond motifs is 2. The van der Waals surface area contributed by atoms with Gasteiger partial charge in [-0.25, -0.2) is 0 Å². The summed E-state index contributed by atoms with van der Waals surface area (Å²) in [5, 5.41) is 3.62. The predicted octanol–water partition coefficient (Wildman–Crippen LogP) is 3.72. The summed E-state index contributed by atoms with van der Waals surface area (Å²) in [5.74, 6) is -0.168. The van der Waals surface area contributed by atoms with E-state index in [0.29, 0.717) is 18.1 Å². The molecule has 3 nitrogen and oxygen atoms in total. The highest BCUT2D eigenvalue weighted by atomic mass is 35.5. The van der Waals surface area contributed by atoms with Crippen LogP contribution in [0.5, 0.6) is 5.75 Å². The highest BCUT2D eigenvalue weighted by molar-refractivity contribution is 5.85. The fourth-order valence-electron chi connectivity index (χ4n) is 3.60. The monoisotopic (exact) mass is 350 g/mol. The van der Waals surface area contributed by atoms with Gasteiger partial charge in [0.15, 0.2) is 0 Å². The first-order chi connectivity index (χ1) is 10.4. The van der Waals surface area contributed by atoms with Crippen molar-refractivity contribution >= 4 is 12.4 Å². The highest BCUT2D eigenvalue weighted by Gasteiger charge is 2.35. The van der Waals surface area contributed by atoms with Crippen LogP contribution in [0.15, 0.2) is 24.3 Å². The van der Waals surface area contributed by atoms with Gasteiger partial charge >= 0.3 is 6.36 Å². The van der Waals surface area contributed by atoms with Crippen LogP contribution in [0.2, 0.25) is 0 Å². The molecule has 3 rings (SSSR count). The van der Waals surface area contributed by atoms with Crippen molar-refractivity contribution < 1.29 is 17.9 Å². The fraction of sp³-hybridized carbons (Fsp3) is 0.625. The van der Waals surface area contributed by atoms with Crippen molar-refractivity contribution in [2.45, 2.75) is 56.7 Å². The maximum atomic E-state index is 12.1. The molecular formula is C16H22ClF3N2O. The summed E-state index contributed by atoms with van der Waals surface area (Å²) >= 11 is 0. The first-order valence-corrected chi connectivity index (χ1v) is 7.70. The molecule has 23 heavy (non-hydrogen) atoms. The molecule has 0 aliphatic carbocycles. The zero-order valence-corrected chi connectivity index (χ0v) is 13.8. The lowest BCUT2D eigenvalue weighted by Crippen LogP contribution is -2.46. The van der Waals surface area contributed by atoms with E-state index in [4.69, 9.17) is 0 Å². The number of alkyl halides is 3. The van der Waals surface area contributed by atoms with E-state index < -0.39 is 6.36 Å². The molecule has 2 bridgehead atoms. The molecule has 1 aromatic carbocycles. The topological polar surface area (TPSA) is 24.5 Å². The summed E-state index contributed by atoms with van der Waals surface area (Å²) in [5.41, 5.74) is 1.00. The largest absolute Gasteiger partial charge is 0.573 e. The third kappa shape index (κ3) is 4.99. The Morgan fingerprint density at radius 1 is 1.13 bits per heavy atom. The van der Waals surface area contributed by atoms with Crippen LogP contribution < -0.4 is 10.1 Å². The van der Waals surface area contributed by atoms with Gasteiger partial charge in [-0.05, 0) is 50.4 Å². The van der Waals surface area contributed by atoms with E-state index in [2.05, 4.69) is 22.0 Å². The van der Waals surface area contributed by atoms with Gasteiger partial charge in [-0.2, -0.15) is 0 Å². The molecule has 2 atom stereocenters. The summed E-state index contributed by atoms with van der Waals surface area (Å²) in [7, 11) is 2.09. The molecule has 2 aliphatic heterocycles. The number of nitrogens with one attached hydrogen (secondary N) is 1. The normalized spacial score (nSPS) is 26.9. The lowest BCUT2D eigenvalue weighted by Gasteiger charge is -2.35. The van der Waals surface area contributed by atoms with Gasteiger partial charge in [-0.1, -0.05) is 12.1 Å². The van der Waals surface area contributed by atoms with Gasteiger partial charge in [0, 0.05) is 24.7 Å². The molecule has 1 N–H and O–H groups in total. The second-order valence-corrected chi connectivity index (χ2v) is 6.37. The number of nitrogens with zero attached hydrogens (tertiary/aromatic N) is 1. The minimum absolute atomic E-state index is 0. The molecule has 2 fully saturated rings. The smallest absolute Gasteiger partial charge is 0.406 e. The van der Waals surface area contributed by atoms with Gasteiger partial charge in [0.05, 0.1) is 0 Å². The Labute approximate surface area is 140 Å². The number of ether oxygens (including phenoxy) is 1. The molecule has 2 saturated heterocycles. The molecule has 7 heteroatoms. The number of hydrogen-bond acceptors (Lipinski definition) is 3. The SMILES string of the molecule is CN(Cc1ccc(OC(F)(F)F)cc1)C1CC2CCC(C1)N2.Cl. The van der Waals surface area contributed by atoms with Crippen molar-refractivity contribution in [1.29, 1.82) is 0 Å². The lowest BCUT2D eigenvalue weighted by molar-refractivity contribution is -0.274. The molecule has 2 heterocycles. The number of rotatable bonds is 4. The summed E-state index contributed by atoms with van der Waals surface area (Å²) in [6.45, 7) is 0.746. The minimum Gasteiger partial charge on any atom is -0.406 e. The summed E-state index contributed by atoms with van der Waals surface area (Å²) < 4.78 is 40.3. The van der Waals surface area contributed by atoms with Crippen LogP contribution in [0.4, 0.5) is 13.2 Å². The van der Waals surface area contributed by atoms with E-state index in [0.717, 1.165) is 24.9 Å². The Morgan fingerprint density at radius 3 is 2.22 bits per heavy atom. The average Bonchev–Trinajstić information content (AvgIpc) is 2.78. The molecule has 0 aromatic heterocycles. The number of halogens is 4. The highest BCUT2D eigenvalue weighted by Crippen LogP contribution is 2.30. The van der Waals surface area contributed by atoms with Gasteiger partial charge < -0.3 is 10.1 Å². The Bertz CT molecular complexity index is 497. The second kappa shape index (κ2) is 7.28. The van der Waals surface area contributed by atoms with Crippen LogP contribution in [0.25, 0.3) is 0 Å². The number of hydrogen-bond donors (Lipinski definition) is 1. The van der Waals surface area contributed by atoms with Gasteiger partial charge in [0.2, 0.25) is 0 Å². The van der Waals surface area contributed by atoms with Crippen LogP contribution >= 0.6 is 12.4 Å². The van der Waals surface area contributed by atoms with E-state index >= 15 is 0 Å². The second-order valence-electron chi connectivity index (χ2n) is 6.37. The van der Waals surface area contributed by atoms with Crippen LogP contribution in [-0.4, -0.2) is 36.4 Å². The van der Waals surface area contributed by atoms with E-state index in [-0.39, 0.29) is 18.2 Å². The first kappa shape index (κ1) is 18.4.